The van der Waals surface area contributed by atoms with Crippen molar-refractivity contribution in [3.8, 4) is 0 Å². The van der Waals surface area contributed by atoms with Crippen molar-refractivity contribution in [2.24, 2.45) is 11.7 Å². The van der Waals surface area contributed by atoms with E-state index in [1.807, 2.05) is 13.0 Å². The molecule has 0 amide bonds. The van der Waals surface area contributed by atoms with Gasteiger partial charge in [0.2, 0.25) is 10.0 Å². The van der Waals surface area contributed by atoms with Crippen molar-refractivity contribution in [3.63, 3.8) is 0 Å². The van der Waals surface area contributed by atoms with E-state index in [9.17, 15) is 8.42 Å². The highest BCUT2D eigenvalue weighted by atomic mass is 32.2. The molecule has 1 aromatic rings. The molecule has 1 saturated carbocycles. The molecule has 1 aliphatic carbocycles. The molecule has 0 radical (unpaired) electrons. The Labute approximate surface area is 121 Å². The number of nitrogens with one attached hydrogen (secondary N) is 1. The summed E-state index contributed by atoms with van der Waals surface area (Å²) in [5.41, 5.74) is 6.84. The van der Waals surface area contributed by atoms with Crippen molar-refractivity contribution in [3.05, 3.63) is 29.8 Å². The van der Waals surface area contributed by atoms with Crippen LogP contribution in [0.5, 0.6) is 0 Å². The van der Waals surface area contributed by atoms with Crippen molar-refractivity contribution in [2.45, 2.75) is 50.0 Å². The molecule has 1 aliphatic rings. The molecule has 1 unspecified atom stereocenters. The lowest BCUT2D eigenvalue weighted by Gasteiger charge is -2.13. The van der Waals surface area contributed by atoms with Gasteiger partial charge in [-0.1, -0.05) is 31.9 Å². The second-order valence-electron chi connectivity index (χ2n) is 5.59. The Bertz CT molecular complexity index is 537. The predicted octanol–water partition coefficient (Wildman–Crippen LogP) is 2.56. The molecule has 2 rings (SSSR count). The van der Waals surface area contributed by atoms with Gasteiger partial charge in [-0.05, 0) is 42.9 Å². The van der Waals surface area contributed by atoms with Crippen LogP contribution in [0.2, 0.25) is 0 Å². The molecular weight excluding hydrogens is 272 g/mol. The molecule has 5 heteroatoms. The maximum Gasteiger partial charge on any atom is 0.240 e. The van der Waals surface area contributed by atoms with Crippen molar-refractivity contribution in [2.75, 3.05) is 6.54 Å². The standard InChI is InChI=1S/C15H24N2O2S/c1-2-15(16)13-8-5-9-14(10-13)20(18,19)17-11-12-6-3-4-7-12/h5,8-10,12,15,17H,2-4,6-7,11,16H2,1H3. The zero-order chi connectivity index (χ0) is 14.6. The smallest absolute Gasteiger partial charge is 0.240 e. The van der Waals surface area contributed by atoms with Crippen LogP contribution < -0.4 is 10.5 Å². The number of sulfonamides is 1. The first-order valence-corrected chi connectivity index (χ1v) is 8.86. The van der Waals surface area contributed by atoms with E-state index in [-0.39, 0.29) is 6.04 Å². The summed E-state index contributed by atoms with van der Waals surface area (Å²) < 4.78 is 27.3. The molecule has 0 bridgehead atoms. The minimum Gasteiger partial charge on any atom is -0.324 e. The van der Waals surface area contributed by atoms with Gasteiger partial charge in [-0.15, -0.1) is 0 Å². The van der Waals surface area contributed by atoms with E-state index < -0.39 is 10.0 Å². The number of hydrogen-bond acceptors (Lipinski definition) is 3. The zero-order valence-corrected chi connectivity index (χ0v) is 12.8. The summed E-state index contributed by atoms with van der Waals surface area (Å²) in [5, 5.41) is 0. The van der Waals surface area contributed by atoms with Gasteiger partial charge in [0.05, 0.1) is 4.90 Å². The molecule has 0 saturated heterocycles. The molecule has 112 valence electrons. The van der Waals surface area contributed by atoms with Crippen LogP contribution >= 0.6 is 0 Å². The zero-order valence-electron chi connectivity index (χ0n) is 12.0. The lowest BCUT2D eigenvalue weighted by Crippen LogP contribution is -2.28. The van der Waals surface area contributed by atoms with E-state index in [2.05, 4.69) is 4.72 Å². The van der Waals surface area contributed by atoms with Crippen LogP contribution in [0.1, 0.15) is 50.6 Å². The van der Waals surface area contributed by atoms with Crippen molar-refractivity contribution in [1.82, 2.24) is 4.72 Å². The molecular formula is C15H24N2O2S. The number of benzene rings is 1. The number of nitrogens with two attached hydrogens (primary N) is 1. The van der Waals surface area contributed by atoms with Gasteiger partial charge < -0.3 is 5.73 Å². The van der Waals surface area contributed by atoms with Crippen molar-refractivity contribution < 1.29 is 8.42 Å². The molecule has 0 aliphatic heterocycles. The van der Waals surface area contributed by atoms with Gasteiger partial charge in [0.1, 0.15) is 0 Å². The van der Waals surface area contributed by atoms with E-state index in [0.717, 1.165) is 24.8 Å². The Morgan fingerprint density at radius 3 is 2.70 bits per heavy atom. The average molecular weight is 296 g/mol. The van der Waals surface area contributed by atoms with Gasteiger partial charge in [-0.2, -0.15) is 0 Å². The van der Waals surface area contributed by atoms with E-state index in [1.165, 1.54) is 12.8 Å². The maximum absolute atomic E-state index is 12.3. The monoisotopic (exact) mass is 296 g/mol. The first-order chi connectivity index (χ1) is 9.53. The third kappa shape index (κ3) is 3.81. The fraction of sp³-hybridized carbons (Fsp3) is 0.600. The van der Waals surface area contributed by atoms with Crippen LogP contribution in [0, 0.1) is 5.92 Å². The number of hydrogen-bond donors (Lipinski definition) is 2. The summed E-state index contributed by atoms with van der Waals surface area (Å²) in [6.07, 6.45) is 5.48. The molecule has 20 heavy (non-hydrogen) atoms. The highest BCUT2D eigenvalue weighted by Crippen LogP contribution is 2.24. The molecule has 4 nitrogen and oxygen atoms in total. The summed E-state index contributed by atoms with van der Waals surface area (Å²) in [6, 6.07) is 6.84. The van der Waals surface area contributed by atoms with E-state index in [1.54, 1.807) is 18.2 Å². The SMILES string of the molecule is CCC(N)c1cccc(S(=O)(=O)NCC2CCCC2)c1. The predicted molar refractivity (Wildman–Crippen MR) is 80.8 cm³/mol. The van der Waals surface area contributed by atoms with Crippen LogP contribution in [0.4, 0.5) is 0 Å². The maximum atomic E-state index is 12.3. The first-order valence-electron chi connectivity index (χ1n) is 7.38. The fourth-order valence-corrected chi connectivity index (χ4v) is 3.84. The van der Waals surface area contributed by atoms with Crippen LogP contribution in [-0.4, -0.2) is 15.0 Å². The second kappa shape index (κ2) is 6.70. The summed E-state index contributed by atoms with van der Waals surface area (Å²) >= 11 is 0. The summed E-state index contributed by atoms with van der Waals surface area (Å²) in [7, 11) is -3.42. The van der Waals surface area contributed by atoms with E-state index in [4.69, 9.17) is 5.73 Å². The first kappa shape index (κ1) is 15.5. The summed E-state index contributed by atoms with van der Waals surface area (Å²) in [5.74, 6) is 0.492. The lowest BCUT2D eigenvalue weighted by molar-refractivity contribution is 0.519. The van der Waals surface area contributed by atoms with Gasteiger partial charge in [-0.3, -0.25) is 0 Å². The van der Waals surface area contributed by atoms with Crippen LogP contribution in [0.15, 0.2) is 29.2 Å². The molecule has 0 spiro atoms. The topological polar surface area (TPSA) is 72.2 Å². The third-order valence-corrected chi connectivity index (χ3v) is 5.49. The van der Waals surface area contributed by atoms with Crippen molar-refractivity contribution in [1.29, 1.82) is 0 Å². The van der Waals surface area contributed by atoms with Crippen molar-refractivity contribution >= 4 is 10.0 Å². The Morgan fingerprint density at radius 1 is 1.35 bits per heavy atom. The lowest BCUT2D eigenvalue weighted by atomic mass is 10.1. The fourth-order valence-electron chi connectivity index (χ4n) is 2.67. The Balaban J connectivity index is 2.08. The largest absolute Gasteiger partial charge is 0.324 e. The molecule has 3 N–H and O–H groups in total. The number of rotatable bonds is 6. The molecule has 1 aromatic carbocycles. The highest BCUT2D eigenvalue weighted by Gasteiger charge is 2.20. The minimum atomic E-state index is -3.42. The quantitative estimate of drug-likeness (QED) is 0.847. The van der Waals surface area contributed by atoms with Gasteiger partial charge in [-0.25, -0.2) is 13.1 Å². The Kier molecular flexibility index (Phi) is 5.18. The van der Waals surface area contributed by atoms with Crippen LogP contribution in [0.3, 0.4) is 0 Å². The molecule has 0 heterocycles. The second-order valence-corrected chi connectivity index (χ2v) is 7.36. The summed E-state index contributed by atoms with van der Waals surface area (Å²) in [4.78, 5) is 0.317. The van der Waals surface area contributed by atoms with Gasteiger partial charge in [0.15, 0.2) is 0 Å². The molecule has 1 atom stereocenters. The Hall–Kier alpha value is -0.910. The van der Waals surface area contributed by atoms with Crippen LogP contribution in [-0.2, 0) is 10.0 Å². The average Bonchev–Trinajstić information content (AvgIpc) is 2.98. The summed E-state index contributed by atoms with van der Waals surface area (Å²) in [6.45, 7) is 2.54. The van der Waals surface area contributed by atoms with Gasteiger partial charge in [0, 0.05) is 12.6 Å². The van der Waals surface area contributed by atoms with E-state index >= 15 is 0 Å². The minimum absolute atomic E-state index is 0.111. The van der Waals surface area contributed by atoms with Gasteiger partial charge >= 0.3 is 0 Å². The third-order valence-electron chi connectivity index (χ3n) is 4.07. The van der Waals surface area contributed by atoms with E-state index in [0.29, 0.717) is 17.4 Å². The highest BCUT2D eigenvalue weighted by molar-refractivity contribution is 7.89. The normalized spacial score (nSPS) is 18.3. The Morgan fingerprint density at radius 2 is 2.05 bits per heavy atom. The molecule has 0 aromatic heterocycles. The molecule has 1 fully saturated rings. The van der Waals surface area contributed by atoms with Crippen LogP contribution in [0.25, 0.3) is 0 Å². The van der Waals surface area contributed by atoms with Gasteiger partial charge in [0.25, 0.3) is 0 Å².